The van der Waals surface area contributed by atoms with Crippen LogP contribution in [0.15, 0.2) is 47.8 Å². The highest BCUT2D eigenvalue weighted by atomic mass is 32.1. The van der Waals surface area contributed by atoms with E-state index in [1.54, 1.807) is 24.3 Å². The summed E-state index contributed by atoms with van der Waals surface area (Å²) in [6, 6.07) is 9.73. The van der Waals surface area contributed by atoms with Crippen LogP contribution in [0.5, 0.6) is 0 Å². The fourth-order valence-corrected chi connectivity index (χ4v) is 3.85. The first-order valence-corrected chi connectivity index (χ1v) is 10.6. The predicted molar refractivity (Wildman–Crippen MR) is 120 cm³/mol. The summed E-state index contributed by atoms with van der Waals surface area (Å²) in [6.07, 6.45) is 0. The third-order valence-electron chi connectivity index (χ3n) is 4.54. The number of nitrogens with two attached hydrogens (primary N) is 1. The summed E-state index contributed by atoms with van der Waals surface area (Å²) in [5, 5.41) is 5.78. The van der Waals surface area contributed by atoms with Gasteiger partial charge < -0.3 is 10.2 Å². The highest BCUT2D eigenvalue weighted by Crippen LogP contribution is 2.27. The molecule has 7 nitrogen and oxygen atoms in total. The minimum atomic E-state index is -0.956. The van der Waals surface area contributed by atoms with E-state index < -0.39 is 23.0 Å². The number of rotatable bonds is 8. The molecule has 0 aliphatic heterocycles. The van der Waals surface area contributed by atoms with E-state index >= 15 is 0 Å². The summed E-state index contributed by atoms with van der Waals surface area (Å²) in [5.41, 5.74) is 0.216. The van der Waals surface area contributed by atoms with Crippen LogP contribution < -0.4 is 16.2 Å². The van der Waals surface area contributed by atoms with Crippen molar-refractivity contribution in [2.24, 2.45) is 5.84 Å². The lowest BCUT2D eigenvalue weighted by Gasteiger charge is -2.19. The van der Waals surface area contributed by atoms with Gasteiger partial charge in [-0.2, -0.15) is 0 Å². The van der Waals surface area contributed by atoms with Gasteiger partial charge in [0.25, 0.3) is 5.91 Å². The second-order valence-electron chi connectivity index (χ2n) is 7.49. The molecule has 10 heteroatoms. The van der Waals surface area contributed by atoms with E-state index in [0.29, 0.717) is 17.8 Å². The minimum absolute atomic E-state index is 0.0197. The Hall–Kier alpha value is -3.21. The average molecular weight is 460 g/mol. The van der Waals surface area contributed by atoms with E-state index in [1.165, 1.54) is 16.5 Å². The maximum atomic E-state index is 13.9. The van der Waals surface area contributed by atoms with Crippen LogP contribution in [0.3, 0.4) is 0 Å². The van der Waals surface area contributed by atoms with Crippen molar-refractivity contribution in [3.8, 4) is 0 Å². The molecule has 168 valence electrons. The molecule has 0 fully saturated rings. The Morgan fingerprint density at radius 2 is 1.75 bits per heavy atom. The number of ketones is 1. The Morgan fingerprint density at radius 1 is 1.12 bits per heavy atom. The second kappa shape index (κ2) is 9.94. The van der Waals surface area contributed by atoms with Gasteiger partial charge >= 0.3 is 0 Å². The van der Waals surface area contributed by atoms with Crippen molar-refractivity contribution in [2.45, 2.75) is 13.0 Å². The number of halogens is 2. The molecule has 0 radical (unpaired) electrons. The molecule has 1 atom stereocenters. The summed E-state index contributed by atoms with van der Waals surface area (Å²) in [6.45, 7) is 2.63. The summed E-state index contributed by atoms with van der Waals surface area (Å²) in [7, 11) is 3.86. The molecule has 0 spiro atoms. The van der Waals surface area contributed by atoms with Gasteiger partial charge in [-0.15, -0.1) is 11.3 Å². The van der Waals surface area contributed by atoms with Crippen molar-refractivity contribution in [2.75, 3.05) is 25.6 Å². The fourth-order valence-electron chi connectivity index (χ4n) is 3.11. The number of amides is 1. The summed E-state index contributed by atoms with van der Waals surface area (Å²) >= 11 is 1.05. The Kier molecular flexibility index (Phi) is 7.29. The van der Waals surface area contributed by atoms with Crippen LogP contribution in [0.2, 0.25) is 0 Å². The molecule has 1 heterocycles. The van der Waals surface area contributed by atoms with Gasteiger partial charge in [0.15, 0.2) is 0 Å². The monoisotopic (exact) mass is 459 g/mol. The molecule has 1 aromatic heterocycles. The number of anilines is 2. The number of carbonyl (C=O) groups excluding carboxylic acids is 2. The number of hydrogen-bond donors (Lipinski definition) is 2. The van der Waals surface area contributed by atoms with Gasteiger partial charge in [-0.05, 0) is 57.4 Å². The number of likely N-dealkylation sites (N-methyl/N-ethyl adjacent to an activating group) is 1. The van der Waals surface area contributed by atoms with E-state index in [2.05, 4.69) is 10.3 Å². The lowest BCUT2D eigenvalue weighted by Crippen LogP contribution is -2.39. The summed E-state index contributed by atoms with van der Waals surface area (Å²) in [5.74, 6) is 3.12. The lowest BCUT2D eigenvalue weighted by molar-refractivity contribution is 0.0933. The topological polar surface area (TPSA) is 91.6 Å². The van der Waals surface area contributed by atoms with Crippen LogP contribution in [0.1, 0.15) is 33.3 Å². The largest absolute Gasteiger partial charge is 0.348 e. The average Bonchev–Trinajstić information content (AvgIpc) is 3.22. The van der Waals surface area contributed by atoms with Crippen molar-refractivity contribution >= 4 is 33.8 Å². The van der Waals surface area contributed by atoms with E-state index in [9.17, 15) is 18.4 Å². The van der Waals surface area contributed by atoms with Crippen LogP contribution in [-0.2, 0) is 0 Å². The van der Waals surface area contributed by atoms with Gasteiger partial charge in [0.2, 0.25) is 10.9 Å². The highest BCUT2D eigenvalue weighted by molar-refractivity contribution is 7.14. The number of benzene rings is 2. The lowest BCUT2D eigenvalue weighted by atomic mass is 10.1. The molecule has 0 bridgehead atoms. The highest BCUT2D eigenvalue weighted by Gasteiger charge is 2.22. The molecule has 32 heavy (non-hydrogen) atoms. The van der Waals surface area contributed by atoms with Crippen molar-refractivity contribution in [1.82, 2.24) is 15.2 Å². The van der Waals surface area contributed by atoms with E-state index in [0.717, 1.165) is 23.5 Å². The zero-order chi connectivity index (χ0) is 23.4. The van der Waals surface area contributed by atoms with Gasteiger partial charge in [0, 0.05) is 23.5 Å². The van der Waals surface area contributed by atoms with Crippen LogP contribution >= 0.6 is 11.3 Å². The van der Waals surface area contributed by atoms with Crippen molar-refractivity contribution < 1.29 is 18.4 Å². The van der Waals surface area contributed by atoms with Gasteiger partial charge in [0.1, 0.15) is 17.3 Å². The Balaban J connectivity index is 1.72. The molecule has 0 aliphatic carbocycles. The molecule has 1 amide bonds. The van der Waals surface area contributed by atoms with E-state index in [4.69, 9.17) is 5.84 Å². The number of aromatic nitrogens is 1. The van der Waals surface area contributed by atoms with Gasteiger partial charge in [-0.1, -0.05) is 6.07 Å². The Labute approximate surface area is 188 Å². The van der Waals surface area contributed by atoms with Crippen molar-refractivity contribution in [3.05, 3.63) is 76.3 Å². The normalized spacial score (nSPS) is 12.0. The standard InChI is InChI=1S/C22H23F2N5O2S/c1-13(11-28(2)3)26-21(31)14-7-9-15(10-8-14)29(25)22-27-18(12-32-22)20(30)19-16(23)5-4-6-17(19)24/h4-10,12-13H,11,25H2,1-3H3,(H,26,31). The van der Waals surface area contributed by atoms with E-state index in [-0.39, 0.29) is 22.8 Å². The number of nitrogens with zero attached hydrogens (tertiary/aromatic N) is 3. The van der Waals surface area contributed by atoms with Crippen molar-refractivity contribution in [1.29, 1.82) is 0 Å². The minimum Gasteiger partial charge on any atom is -0.348 e. The zero-order valence-corrected chi connectivity index (χ0v) is 18.6. The summed E-state index contributed by atoms with van der Waals surface area (Å²) in [4.78, 5) is 31.0. The van der Waals surface area contributed by atoms with Crippen LogP contribution in [0.4, 0.5) is 19.6 Å². The van der Waals surface area contributed by atoms with Gasteiger partial charge in [-0.3, -0.25) is 14.6 Å². The molecule has 0 saturated carbocycles. The predicted octanol–water partition coefficient (Wildman–Crippen LogP) is 3.34. The zero-order valence-electron chi connectivity index (χ0n) is 17.8. The molecular weight excluding hydrogens is 436 g/mol. The fraction of sp³-hybridized carbons (Fsp3) is 0.227. The molecule has 3 rings (SSSR count). The number of hydrazine groups is 1. The SMILES string of the molecule is CC(CN(C)C)NC(=O)c1ccc(N(N)c2nc(C(=O)c3c(F)cccc3F)cs2)cc1. The third-order valence-corrected chi connectivity index (χ3v) is 5.38. The molecule has 0 saturated heterocycles. The molecule has 2 aromatic carbocycles. The first-order valence-electron chi connectivity index (χ1n) is 9.72. The Morgan fingerprint density at radius 3 is 2.34 bits per heavy atom. The Bertz CT molecular complexity index is 1100. The van der Waals surface area contributed by atoms with E-state index in [1.807, 2.05) is 25.9 Å². The number of nitrogens with one attached hydrogen (secondary N) is 1. The summed E-state index contributed by atoms with van der Waals surface area (Å²) < 4.78 is 27.8. The quantitative estimate of drug-likeness (QED) is 0.305. The van der Waals surface area contributed by atoms with Crippen molar-refractivity contribution in [3.63, 3.8) is 0 Å². The molecule has 3 aromatic rings. The maximum absolute atomic E-state index is 13.9. The van der Waals surface area contributed by atoms with Crippen LogP contribution in [0.25, 0.3) is 0 Å². The molecule has 0 aliphatic rings. The van der Waals surface area contributed by atoms with Crippen LogP contribution in [0, 0.1) is 11.6 Å². The maximum Gasteiger partial charge on any atom is 0.251 e. The third kappa shape index (κ3) is 5.34. The number of carbonyl (C=O) groups is 2. The van der Waals surface area contributed by atoms with Crippen LogP contribution in [-0.4, -0.2) is 48.3 Å². The van der Waals surface area contributed by atoms with Gasteiger partial charge in [-0.25, -0.2) is 19.6 Å². The number of thiazole rings is 1. The molecule has 1 unspecified atom stereocenters. The first-order chi connectivity index (χ1) is 15.2. The molecule has 3 N–H and O–H groups in total. The smallest absolute Gasteiger partial charge is 0.251 e. The van der Waals surface area contributed by atoms with Gasteiger partial charge in [0.05, 0.1) is 11.3 Å². The number of hydrogen-bond acceptors (Lipinski definition) is 7. The second-order valence-corrected chi connectivity index (χ2v) is 8.33. The molecular formula is C22H23F2N5O2S. The first kappa shape index (κ1) is 23.5.